The molecule has 6 nitrogen and oxygen atoms in total. The van der Waals surface area contributed by atoms with Crippen LogP contribution in [0.2, 0.25) is 0 Å². The van der Waals surface area contributed by atoms with Crippen molar-refractivity contribution in [1.82, 2.24) is 14.8 Å². The summed E-state index contributed by atoms with van der Waals surface area (Å²) in [6.45, 7) is 2.85. The molecule has 3 atom stereocenters. The van der Waals surface area contributed by atoms with E-state index in [1.807, 2.05) is 9.80 Å². The lowest BCUT2D eigenvalue weighted by molar-refractivity contribution is -0.138. The quantitative estimate of drug-likeness (QED) is 0.821. The van der Waals surface area contributed by atoms with E-state index in [1.54, 1.807) is 24.5 Å². The maximum Gasteiger partial charge on any atom is 0.255 e. The molecule has 1 aromatic heterocycles. The number of fused-ring (bicyclic) bond motifs is 1. The first-order chi connectivity index (χ1) is 11.7. The van der Waals surface area contributed by atoms with Crippen LogP contribution in [0.5, 0.6) is 0 Å². The van der Waals surface area contributed by atoms with Gasteiger partial charge in [-0.05, 0) is 37.8 Å². The first kappa shape index (κ1) is 15.6. The summed E-state index contributed by atoms with van der Waals surface area (Å²) in [5.74, 6) is -0.00368. The third kappa shape index (κ3) is 2.79. The summed E-state index contributed by atoms with van der Waals surface area (Å²) in [7, 11) is 0. The number of carbonyl (C=O) groups excluding carboxylic acids is 2. The molecule has 3 aliphatic heterocycles. The molecule has 0 saturated carbocycles. The average Bonchev–Trinajstić information content (AvgIpc) is 3.31. The summed E-state index contributed by atoms with van der Waals surface area (Å²) in [5, 5.41) is 0. The SMILES string of the molecule is O=C([C@@H]1C[C@@H]2OCC[C@@H]2N(C(=O)c2cccnc2)C1)N1CCCC1. The fraction of sp³-hybridized carbons (Fsp3) is 0.611. The number of pyridine rings is 1. The highest BCUT2D eigenvalue weighted by atomic mass is 16.5. The molecule has 4 rings (SSSR count). The summed E-state index contributed by atoms with van der Waals surface area (Å²) in [5.41, 5.74) is 0.581. The Hall–Kier alpha value is -1.95. The van der Waals surface area contributed by atoms with Crippen LogP contribution >= 0.6 is 0 Å². The number of likely N-dealkylation sites (tertiary alicyclic amines) is 2. The van der Waals surface area contributed by atoms with Gasteiger partial charge in [0.1, 0.15) is 0 Å². The Labute approximate surface area is 141 Å². The zero-order valence-electron chi connectivity index (χ0n) is 13.8. The van der Waals surface area contributed by atoms with E-state index in [4.69, 9.17) is 4.74 Å². The van der Waals surface area contributed by atoms with Gasteiger partial charge in [0.25, 0.3) is 5.91 Å². The van der Waals surface area contributed by atoms with Gasteiger partial charge in [-0.3, -0.25) is 14.6 Å². The summed E-state index contributed by atoms with van der Waals surface area (Å²) in [6.07, 6.45) is 6.99. The van der Waals surface area contributed by atoms with Crippen molar-refractivity contribution in [3.63, 3.8) is 0 Å². The molecule has 3 fully saturated rings. The molecule has 0 radical (unpaired) electrons. The fourth-order valence-corrected chi connectivity index (χ4v) is 4.21. The van der Waals surface area contributed by atoms with E-state index in [9.17, 15) is 9.59 Å². The second-order valence-corrected chi connectivity index (χ2v) is 6.93. The molecule has 0 spiro atoms. The maximum absolute atomic E-state index is 12.9. The van der Waals surface area contributed by atoms with Gasteiger partial charge in [0, 0.05) is 38.6 Å². The molecule has 0 aromatic carbocycles. The molecule has 0 N–H and O–H groups in total. The van der Waals surface area contributed by atoms with Gasteiger partial charge in [-0.1, -0.05) is 0 Å². The Morgan fingerprint density at radius 2 is 2.08 bits per heavy atom. The number of piperidine rings is 1. The Morgan fingerprint density at radius 3 is 2.83 bits per heavy atom. The summed E-state index contributed by atoms with van der Waals surface area (Å²) in [4.78, 5) is 33.6. The number of nitrogens with zero attached hydrogens (tertiary/aromatic N) is 3. The molecule has 24 heavy (non-hydrogen) atoms. The minimum absolute atomic E-state index is 0.0177. The predicted octanol–water partition coefficient (Wildman–Crippen LogP) is 1.32. The van der Waals surface area contributed by atoms with E-state index < -0.39 is 0 Å². The molecule has 2 amide bonds. The summed E-state index contributed by atoms with van der Waals surface area (Å²) < 4.78 is 5.84. The topological polar surface area (TPSA) is 62.7 Å². The van der Waals surface area contributed by atoms with Crippen molar-refractivity contribution in [3.05, 3.63) is 30.1 Å². The van der Waals surface area contributed by atoms with Crippen LogP contribution in [0.3, 0.4) is 0 Å². The van der Waals surface area contributed by atoms with Crippen LogP contribution in [0, 0.1) is 5.92 Å². The first-order valence-corrected chi connectivity index (χ1v) is 8.85. The molecule has 4 heterocycles. The van der Waals surface area contributed by atoms with E-state index in [0.29, 0.717) is 18.7 Å². The predicted molar refractivity (Wildman–Crippen MR) is 87.3 cm³/mol. The highest BCUT2D eigenvalue weighted by molar-refractivity contribution is 5.94. The Balaban J connectivity index is 1.55. The van der Waals surface area contributed by atoms with Crippen LogP contribution < -0.4 is 0 Å². The Bertz CT molecular complexity index is 615. The lowest BCUT2D eigenvalue weighted by atomic mass is 9.88. The summed E-state index contributed by atoms with van der Waals surface area (Å²) >= 11 is 0. The number of amides is 2. The number of hydrogen-bond acceptors (Lipinski definition) is 4. The van der Waals surface area contributed by atoms with Gasteiger partial charge < -0.3 is 14.5 Å². The van der Waals surface area contributed by atoms with E-state index in [2.05, 4.69) is 4.98 Å². The zero-order valence-corrected chi connectivity index (χ0v) is 13.8. The number of aromatic nitrogens is 1. The monoisotopic (exact) mass is 329 g/mol. The van der Waals surface area contributed by atoms with Gasteiger partial charge in [0.15, 0.2) is 0 Å². The Kier molecular flexibility index (Phi) is 4.22. The normalized spacial score (nSPS) is 29.6. The standard InChI is InChI=1S/C18H23N3O3/c22-17(20-7-1-2-8-20)14-10-16-15(5-9-24-16)21(12-14)18(23)13-4-3-6-19-11-13/h3-4,6,11,14-16H,1-2,5,7-10,12H2/t14-,15+,16+/m1/s1. The van der Waals surface area contributed by atoms with Crippen LogP contribution in [0.4, 0.5) is 0 Å². The molecule has 1 aromatic rings. The molecular weight excluding hydrogens is 306 g/mol. The summed E-state index contributed by atoms with van der Waals surface area (Å²) in [6, 6.07) is 3.64. The van der Waals surface area contributed by atoms with Gasteiger partial charge in [-0.25, -0.2) is 0 Å². The minimum Gasteiger partial charge on any atom is -0.376 e. The maximum atomic E-state index is 12.9. The van der Waals surface area contributed by atoms with Crippen molar-refractivity contribution < 1.29 is 14.3 Å². The highest BCUT2D eigenvalue weighted by Crippen LogP contribution is 2.33. The molecule has 6 heteroatoms. The minimum atomic E-state index is -0.150. The van der Waals surface area contributed by atoms with Crippen LogP contribution in [0.25, 0.3) is 0 Å². The van der Waals surface area contributed by atoms with Crippen molar-refractivity contribution in [1.29, 1.82) is 0 Å². The smallest absolute Gasteiger partial charge is 0.255 e. The highest BCUT2D eigenvalue weighted by Gasteiger charge is 2.45. The second-order valence-electron chi connectivity index (χ2n) is 6.93. The van der Waals surface area contributed by atoms with E-state index in [-0.39, 0.29) is 29.9 Å². The lowest BCUT2D eigenvalue weighted by Gasteiger charge is -2.41. The molecule has 3 saturated heterocycles. The van der Waals surface area contributed by atoms with Crippen molar-refractivity contribution in [2.24, 2.45) is 5.92 Å². The van der Waals surface area contributed by atoms with Crippen LogP contribution in [-0.4, -0.2) is 65.0 Å². The number of carbonyl (C=O) groups is 2. The van der Waals surface area contributed by atoms with E-state index >= 15 is 0 Å². The first-order valence-electron chi connectivity index (χ1n) is 8.85. The average molecular weight is 329 g/mol. The number of hydrogen-bond donors (Lipinski definition) is 0. The number of rotatable bonds is 2. The van der Waals surface area contributed by atoms with E-state index in [0.717, 1.165) is 38.8 Å². The fourth-order valence-electron chi connectivity index (χ4n) is 4.21. The third-order valence-electron chi connectivity index (χ3n) is 5.45. The molecule has 0 unspecified atom stereocenters. The van der Waals surface area contributed by atoms with Crippen molar-refractivity contribution in [3.8, 4) is 0 Å². The van der Waals surface area contributed by atoms with Crippen molar-refractivity contribution >= 4 is 11.8 Å². The van der Waals surface area contributed by atoms with Gasteiger partial charge in [-0.2, -0.15) is 0 Å². The van der Waals surface area contributed by atoms with Crippen LogP contribution in [0.15, 0.2) is 24.5 Å². The largest absolute Gasteiger partial charge is 0.376 e. The van der Waals surface area contributed by atoms with Gasteiger partial charge in [-0.15, -0.1) is 0 Å². The van der Waals surface area contributed by atoms with Gasteiger partial charge in [0.2, 0.25) is 5.91 Å². The number of ether oxygens (including phenoxy) is 1. The molecular formula is C18H23N3O3. The molecule has 0 aliphatic carbocycles. The van der Waals surface area contributed by atoms with Gasteiger partial charge in [0.05, 0.1) is 23.6 Å². The lowest BCUT2D eigenvalue weighted by Crippen LogP contribution is -2.55. The van der Waals surface area contributed by atoms with Crippen LogP contribution in [0.1, 0.15) is 36.0 Å². The Morgan fingerprint density at radius 1 is 1.25 bits per heavy atom. The van der Waals surface area contributed by atoms with Crippen LogP contribution in [-0.2, 0) is 9.53 Å². The van der Waals surface area contributed by atoms with E-state index in [1.165, 1.54) is 0 Å². The third-order valence-corrected chi connectivity index (χ3v) is 5.45. The molecule has 0 bridgehead atoms. The van der Waals surface area contributed by atoms with Crippen molar-refractivity contribution in [2.45, 2.75) is 37.8 Å². The second kappa shape index (κ2) is 6.51. The van der Waals surface area contributed by atoms with Gasteiger partial charge >= 0.3 is 0 Å². The zero-order chi connectivity index (χ0) is 16.5. The van der Waals surface area contributed by atoms with Crippen molar-refractivity contribution in [2.75, 3.05) is 26.2 Å². The molecule has 128 valence electrons. The molecule has 3 aliphatic rings.